The molecule has 19 nitrogen and oxygen atoms in total. The first-order valence-corrected chi connectivity index (χ1v) is 23.1. The van der Waals surface area contributed by atoms with Crippen LogP contribution in [0.25, 0.3) is 0 Å². The van der Waals surface area contributed by atoms with Crippen molar-refractivity contribution in [1.29, 1.82) is 0 Å². The van der Waals surface area contributed by atoms with Crippen molar-refractivity contribution in [2.24, 2.45) is 28.8 Å². The molecular weight excluding hydrogens is 865 g/mol. The molecule has 0 aromatic carbocycles. The van der Waals surface area contributed by atoms with Gasteiger partial charge in [-0.3, -0.25) is 14.4 Å². The second-order valence-corrected chi connectivity index (χ2v) is 19.3. The van der Waals surface area contributed by atoms with Crippen LogP contribution in [0.2, 0.25) is 0 Å². The monoisotopic (exact) mass is 945 g/mol. The molecule has 66 heavy (non-hydrogen) atoms. The normalized spacial score (nSPS) is 41.5. The Labute approximate surface area is 391 Å². The Morgan fingerprint density at radius 2 is 1.50 bits per heavy atom. The molecule has 0 bridgehead atoms. The van der Waals surface area contributed by atoms with E-state index in [2.05, 4.69) is 5.16 Å². The molecule has 0 amide bonds. The van der Waals surface area contributed by atoms with E-state index in [1.807, 2.05) is 32.8 Å². The van der Waals surface area contributed by atoms with Crippen LogP contribution in [0, 0.1) is 23.7 Å². The molecule has 0 aliphatic carbocycles. The minimum atomic E-state index is -2.05. The summed E-state index contributed by atoms with van der Waals surface area (Å²) in [6.45, 7) is 20.6. The van der Waals surface area contributed by atoms with Gasteiger partial charge in [0, 0.05) is 52.1 Å². The van der Waals surface area contributed by atoms with Gasteiger partial charge in [-0.05, 0) is 74.9 Å². The van der Waals surface area contributed by atoms with Crippen LogP contribution in [-0.2, 0) is 66.6 Å². The SMILES string of the molecule is CC[C@H]1OC(=O)[C@H](C)[C@@H](OC2C[C@@](C)(OC)[C@@H](OC(C)=O)[C@H](C)O2)[C@H](C)[C@@H](O[C@@H]2O[C@H](C)C[C@H](N(C)C)[C@H]2OC(C)=O)[C@](C)(OC/C=C/CO)C[C@@H](C)C(=NOC(C)=O)[C@H](C)[C@@H](O)[C@]1(C)O. The van der Waals surface area contributed by atoms with Gasteiger partial charge >= 0.3 is 23.9 Å². The number of likely N-dealkylation sites (N-methyl/N-ethyl adjacent to an activating group) is 1. The molecule has 0 saturated carbocycles. The number of carbonyl (C=O) groups is 4. The van der Waals surface area contributed by atoms with E-state index in [1.54, 1.807) is 54.5 Å². The van der Waals surface area contributed by atoms with E-state index >= 15 is 0 Å². The second-order valence-electron chi connectivity index (χ2n) is 19.3. The van der Waals surface area contributed by atoms with E-state index in [1.165, 1.54) is 40.9 Å². The lowest BCUT2D eigenvalue weighted by Gasteiger charge is -2.50. The van der Waals surface area contributed by atoms with Crippen molar-refractivity contribution in [3.63, 3.8) is 0 Å². The molecular formula is C47H80N2O17. The van der Waals surface area contributed by atoms with Crippen LogP contribution in [0.3, 0.4) is 0 Å². The zero-order chi connectivity index (χ0) is 50.1. The van der Waals surface area contributed by atoms with E-state index in [9.17, 15) is 34.5 Å². The van der Waals surface area contributed by atoms with Gasteiger partial charge in [0.15, 0.2) is 24.8 Å². The average Bonchev–Trinajstić information content (AvgIpc) is 3.22. The number of cyclic esters (lactones) is 1. The highest BCUT2D eigenvalue weighted by Gasteiger charge is 2.55. The van der Waals surface area contributed by atoms with Crippen LogP contribution < -0.4 is 0 Å². The Morgan fingerprint density at radius 3 is 2.05 bits per heavy atom. The first-order chi connectivity index (χ1) is 30.7. The average molecular weight is 945 g/mol. The van der Waals surface area contributed by atoms with Crippen LogP contribution in [0.5, 0.6) is 0 Å². The molecule has 3 aliphatic rings. The lowest BCUT2D eigenvalue weighted by molar-refractivity contribution is -0.321. The van der Waals surface area contributed by atoms with Gasteiger partial charge in [-0.15, -0.1) is 0 Å². The van der Waals surface area contributed by atoms with Gasteiger partial charge in [-0.25, -0.2) is 4.79 Å². The van der Waals surface area contributed by atoms with Gasteiger partial charge in [-0.2, -0.15) is 0 Å². The van der Waals surface area contributed by atoms with Crippen molar-refractivity contribution in [2.75, 3.05) is 34.4 Å². The fraction of sp³-hybridized carbons (Fsp3) is 0.851. The van der Waals surface area contributed by atoms with Crippen LogP contribution in [0.1, 0.15) is 116 Å². The number of rotatable bonds is 14. The summed E-state index contributed by atoms with van der Waals surface area (Å²) in [6, 6.07) is -0.353. The first kappa shape index (κ1) is 57.2. The Morgan fingerprint density at radius 1 is 0.864 bits per heavy atom. The molecule has 18 atom stereocenters. The Kier molecular flexibility index (Phi) is 21.2. The number of hydrogen-bond acceptors (Lipinski definition) is 19. The first-order valence-electron chi connectivity index (χ1n) is 23.1. The lowest BCUT2D eigenvalue weighted by Crippen LogP contribution is -2.62. The highest BCUT2D eigenvalue weighted by molar-refractivity contribution is 5.89. The summed E-state index contributed by atoms with van der Waals surface area (Å²) >= 11 is 0. The van der Waals surface area contributed by atoms with Crippen molar-refractivity contribution in [3.8, 4) is 0 Å². The number of esters is 3. The van der Waals surface area contributed by atoms with Gasteiger partial charge in [0.1, 0.15) is 17.3 Å². The highest BCUT2D eigenvalue weighted by atomic mass is 16.7. The van der Waals surface area contributed by atoms with Gasteiger partial charge in [0.05, 0.1) is 67.0 Å². The predicted octanol–water partition coefficient (Wildman–Crippen LogP) is 3.85. The Bertz CT molecular complexity index is 1680. The fourth-order valence-electron chi connectivity index (χ4n) is 9.90. The van der Waals surface area contributed by atoms with Gasteiger partial charge < -0.3 is 67.7 Å². The smallest absolute Gasteiger partial charge is 0.331 e. The van der Waals surface area contributed by atoms with Crippen molar-refractivity contribution < 1.29 is 82.0 Å². The summed E-state index contributed by atoms with van der Waals surface area (Å²) in [4.78, 5) is 59.1. The van der Waals surface area contributed by atoms with Crippen molar-refractivity contribution >= 4 is 29.6 Å². The quantitative estimate of drug-likeness (QED) is 0.0737. The molecule has 0 aromatic heterocycles. The minimum Gasteiger partial charge on any atom is -0.459 e. The van der Waals surface area contributed by atoms with Crippen molar-refractivity contribution in [2.45, 2.75) is 200 Å². The predicted molar refractivity (Wildman–Crippen MR) is 240 cm³/mol. The fourth-order valence-corrected chi connectivity index (χ4v) is 9.90. The molecule has 3 aliphatic heterocycles. The molecule has 0 radical (unpaired) electrons. The lowest BCUT2D eigenvalue weighted by atomic mass is 9.73. The summed E-state index contributed by atoms with van der Waals surface area (Å²) in [5.41, 5.74) is -4.43. The number of methoxy groups -OCH3 is 1. The van der Waals surface area contributed by atoms with Crippen LogP contribution in [0.4, 0.5) is 0 Å². The number of hydrogen-bond donors (Lipinski definition) is 3. The highest BCUT2D eigenvalue weighted by Crippen LogP contribution is 2.43. The van der Waals surface area contributed by atoms with Crippen LogP contribution in [-0.4, -0.2) is 168 Å². The van der Waals surface area contributed by atoms with Gasteiger partial charge in [0.2, 0.25) is 0 Å². The van der Waals surface area contributed by atoms with E-state index < -0.39 is 120 Å². The summed E-state index contributed by atoms with van der Waals surface area (Å²) in [5, 5.41) is 38.0. The number of oxime groups is 1. The molecule has 3 saturated heterocycles. The number of carbonyl (C=O) groups excluding carboxylic acids is 4. The number of aliphatic hydroxyl groups is 3. The van der Waals surface area contributed by atoms with Crippen molar-refractivity contribution in [3.05, 3.63) is 12.2 Å². The van der Waals surface area contributed by atoms with E-state index in [0.717, 1.165) is 0 Å². The van der Waals surface area contributed by atoms with Crippen LogP contribution in [0.15, 0.2) is 17.3 Å². The maximum atomic E-state index is 14.7. The number of aliphatic hydroxyl groups excluding tert-OH is 2. The zero-order valence-electron chi connectivity index (χ0n) is 42.0. The standard InChI is InChI=1S/C47H80N2O17/c1-17-35-47(13,56)40(54)27(4)37(48-66-33(10)53)25(2)23-46(12,58-21-19-18-20-50)41(65-44-39(61-31(8)51)34(49(14)15)22-26(3)59-44)28(5)38(29(6)43(55)63-35)64-36-24-45(11,57-16)42(30(7)60-36)62-32(9)52/h18-19,25-30,34-36,38-42,44,50,54,56H,17,20-24H2,1-16H3/b19-18+,48-37?/t25-,26-,27+,28+,29-,30+,34+,35-,36?,38+,39-,40-,41-,42+,44+,45-,46-,47-/m1/s1. The topological polar surface area (TPSA) is 237 Å². The maximum absolute atomic E-state index is 14.7. The maximum Gasteiger partial charge on any atom is 0.331 e. The number of nitrogens with zero attached hydrogens (tertiary/aromatic N) is 2. The minimum absolute atomic E-state index is 0.0391. The summed E-state index contributed by atoms with van der Waals surface area (Å²) in [7, 11) is 5.22. The van der Waals surface area contributed by atoms with E-state index in [0.29, 0.717) is 6.42 Å². The molecule has 3 rings (SSSR count). The molecule has 19 heteroatoms. The summed E-state index contributed by atoms with van der Waals surface area (Å²) in [6.07, 6.45) is -6.46. The molecule has 380 valence electrons. The second kappa shape index (κ2) is 24.4. The summed E-state index contributed by atoms with van der Waals surface area (Å²) < 4.78 is 57.7. The molecule has 3 N–H and O–H groups in total. The third-order valence-corrected chi connectivity index (χ3v) is 13.4. The van der Waals surface area contributed by atoms with Crippen LogP contribution >= 0.6 is 0 Å². The van der Waals surface area contributed by atoms with Gasteiger partial charge in [0.25, 0.3) is 0 Å². The third-order valence-electron chi connectivity index (χ3n) is 13.4. The summed E-state index contributed by atoms with van der Waals surface area (Å²) in [5.74, 6) is -6.27. The zero-order valence-corrected chi connectivity index (χ0v) is 42.0. The molecule has 0 aromatic rings. The Balaban J connectivity index is 2.44. The Hall–Kier alpha value is -3.11. The van der Waals surface area contributed by atoms with E-state index in [-0.39, 0.29) is 50.3 Å². The largest absolute Gasteiger partial charge is 0.459 e. The third kappa shape index (κ3) is 14.2. The molecule has 3 heterocycles. The molecule has 1 unspecified atom stereocenters. The molecule has 3 fully saturated rings. The molecule has 0 spiro atoms. The number of ether oxygens (including phenoxy) is 9. The van der Waals surface area contributed by atoms with E-state index in [4.69, 9.17) is 47.5 Å². The van der Waals surface area contributed by atoms with Crippen molar-refractivity contribution in [1.82, 2.24) is 4.90 Å². The van der Waals surface area contributed by atoms with Gasteiger partial charge in [-0.1, -0.05) is 45.0 Å².